The van der Waals surface area contributed by atoms with Gasteiger partial charge in [0, 0.05) is 12.1 Å². The summed E-state index contributed by atoms with van der Waals surface area (Å²) in [4.78, 5) is 41.8. The van der Waals surface area contributed by atoms with Crippen molar-refractivity contribution in [1.29, 1.82) is 0 Å². The van der Waals surface area contributed by atoms with Crippen LogP contribution in [0, 0.1) is 6.92 Å². The van der Waals surface area contributed by atoms with Gasteiger partial charge in [0.05, 0.1) is 0 Å². The van der Waals surface area contributed by atoms with E-state index in [1.807, 2.05) is 20.1 Å². The Hall–Kier alpha value is -2.42. The van der Waals surface area contributed by atoms with Gasteiger partial charge in [-0.3, -0.25) is 9.59 Å². The second kappa shape index (κ2) is 12.5. The summed E-state index contributed by atoms with van der Waals surface area (Å²) >= 11 is 1.58. The predicted octanol–water partition coefficient (Wildman–Crippen LogP) is 4.29. The van der Waals surface area contributed by atoms with Crippen LogP contribution >= 0.6 is 11.8 Å². The van der Waals surface area contributed by atoms with Crippen LogP contribution in [-0.2, 0) is 14.3 Å². The average Bonchev–Trinajstić information content (AvgIpc) is 2.69. The maximum absolute atomic E-state index is 14.1. The number of phenolic OH excluding ortho intramolecular Hbond substituents is 1. The molecule has 0 aliphatic heterocycles. The smallest absolute Gasteiger partial charge is 0.408 e. The number of nitrogens with one attached hydrogen (secondary N) is 2. The Balaban J connectivity index is 2.48. The molecule has 1 aliphatic rings. The minimum Gasteiger partial charge on any atom is -0.508 e. The maximum Gasteiger partial charge on any atom is 0.408 e. The fraction of sp³-hybridized carbons (Fsp3) is 0.654. The second-order valence-electron chi connectivity index (χ2n) is 10.4. The molecule has 0 heterocycles. The molecule has 1 saturated carbocycles. The highest BCUT2D eigenvalue weighted by molar-refractivity contribution is 7.98. The average molecular weight is 508 g/mol. The molecule has 0 bridgehead atoms. The van der Waals surface area contributed by atoms with E-state index in [4.69, 9.17) is 4.74 Å². The summed E-state index contributed by atoms with van der Waals surface area (Å²) in [5, 5.41) is 15.8. The number of aryl methyl sites for hydroxylation is 1. The number of ether oxygens (including phenoxy) is 1. The third kappa shape index (κ3) is 8.33. The molecule has 8 nitrogen and oxygen atoms in total. The molecule has 1 fully saturated rings. The molecule has 0 radical (unpaired) electrons. The van der Waals surface area contributed by atoms with Crippen LogP contribution < -0.4 is 10.6 Å². The van der Waals surface area contributed by atoms with E-state index in [1.54, 1.807) is 62.6 Å². The minimum atomic E-state index is -0.883. The molecule has 9 heteroatoms. The summed E-state index contributed by atoms with van der Waals surface area (Å²) in [5.41, 5.74) is 0.546. The molecule has 196 valence electrons. The zero-order chi connectivity index (χ0) is 26.3. The highest BCUT2D eigenvalue weighted by atomic mass is 32.2. The van der Waals surface area contributed by atoms with Gasteiger partial charge in [0.2, 0.25) is 11.8 Å². The summed E-state index contributed by atoms with van der Waals surface area (Å²) in [6, 6.07) is 3.04. The van der Waals surface area contributed by atoms with Crippen molar-refractivity contribution in [3.8, 4) is 5.75 Å². The van der Waals surface area contributed by atoms with E-state index >= 15 is 0 Å². The lowest BCUT2D eigenvalue weighted by Gasteiger charge is -2.44. The molecule has 2 rings (SSSR count). The number of hydrogen-bond donors (Lipinski definition) is 3. The SMILES string of the molecule is CSCCC(NC(=O)OC(C)(C)C)C(=O)N(C1CCC1)C(C(=O)NC(C)C)c1ccc(O)c(C)c1. The summed E-state index contributed by atoms with van der Waals surface area (Å²) in [6.45, 7) is 10.8. The van der Waals surface area contributed by atoms with E-state index in [9.17, 15) is 19.5 Å². The maximum atomic E-state index is 14.1. The Morgan fingerprint density at radius 2 is 1.86 bits per heavy atom. The number of phenols is 1. The van der Waals surface area contributed by atoms with E-state index in [-0.39, 0.29) is 29.6 Å². The molecule has 2 unspecified atom stereocenters. The molecule has 1 aliphatic carbocycles. The lowest BCUT2D eigenvalue weighted by molar-refractivity contribution is -0.147. The first kappa shape index (κ1) is 28.8. The summed E-state index contributed by atoms with van der Waals surface area (Å²) in [6.07, 6.45) is 4.24. The van der Waals surface area contributed by atoms with Crippen molar-refractivity contribution >= 4 is 29.7 Å². The van der Waals surface area contributed by atoms with E-state index in [2.05, 4.69) is 10.6 Å². The Morgan fingerprint density at radius 1 is 1.20 bits per heavy atom. The molecule has 0 saturated heterocycles. The first-order valence-corrected chi connectivity index (χ1v) is 13.6. The van der Waals surface area contributed by atoms with E-state index in [0.29, 0.717) is 23.3 Å². The van der Waals surface area contributed by atoms with Crippen molar-refractivity contribution in [3.05, 3.63) is 29.3 Å². The van der Waals surface area contributed by atoms with Gasteiger partial charge in [0.1, 0.15) is 23.4 Å². The van der Waals surface area contributed by atoms with Crippen molar-refractivity contribution in [2.75, 3.05) is 12.0 Å². The first-order valence-electron chi connectivity index (χ1n) is 12.2. The highest BCUT2D eigenvalue weighted by Crippen LogP contribution is 2.35. The van der Waals surface area contributed by atoms with E-state index in [0.717, 1.165) is 19.3 Å². The van der Waals surface area contributed by atoms with E-state index in [1.165, 1.54) is 0 Å². The molecule has 1 aromatic rings. The molecular weight excluding hydrogens is 466 g/mol. The number of aromatic hydroxyl groups is 1. The van der Waals surface area contributed by atoms with Gasteiger partial charge in [-0.1, -0.05) is 6.07 Å². The fourth-order valence-electron chi connectivity index (χ4n) is 3.96. The molecule has 3 N–H and O–H groups in total. The number of rotatable bonds is 10. The Morgan fingerprint density at radius 3 is 2.34 bits per heavy atom. The third-order valence-electron chi connectivity index (χ3n) is 5.82. The van der Waals surface area contributed by atoms with Gasteiger partial charge in [-0.05, 0) is 102 Å². The van der Waals surface area contributed by atoms with Crippen LogP contribution in [0.5, 0.6) is 5.75 Å². The molecular formula is C26H41N3O5S. The van der Waals surface area contributed by atoms with Crippen molar-refractivity contribution in [1.82, 2.24) is 15.5 Å². The number of carbonyl (C=O) groups is 3. The van der Waals surface area contributed by atoms with Gasteiger partial charge >= 0.3 is 6.09 Å². The Kier molecular flexibility index (Phi) is 10.3. The number of thioether (sulfide) groups is 1. The first-order chi connectivity index (χ1) is 16.3. The van der Waals surface area contributed by atoms with Crippen LogP contribution in [0.25, 0.3) is 0 Å². The van der Waals surface area contributed by atoms with Gasteiger partial charge in [0.25, 0.3) is 0 Å². The third-order valence-corrected chi connectivity index (χ3v) is 6.46. The summed E-state index contributed by atoms with van der Waals surface area (Å²) < 4.78 is 5.42. The van der Waals surface area contributed by atoms with Gasteiger partial charge in [-0.25, -0.2) is 4.79 Å². The van der Waals surface area contributed by atoms with Gasteiger partial charge in [-0.15, -0.1) is 0 Å². The molecule has 3 amide bonds. The largest absolute Gasteiger partial charge is 0.508 e. The van der Waals surface area contributed by atoms with Crippen molar-refractivity contribution in [2.45, 2.75) is 97.0 Å². The topological polar surface area (TPSA) is 108 Å². The Bertz CT molecular complexity index is 895. The van der Waals surface area contributed by atoms with Crippen LogP contribution in [0.15, 0.2) is 18.2 Å². The van der Waals surface area contributed by atoms with Gasteiger partial charge < -0.3 is 25.4 Å². The van der Waals surface area contributed by atoms with Crippen molar-refractivity contribution in [2.24, 2.45) is 0 Å². The van der Waals surface area contributed by atoms with Gasteiger partial charge in [0.15, 0.2) is 0 Å². The van der Waals surface area contributed by atoms with Crippen molar-refractivity contribution < 1.29 is 24.2 Å². The van der Waals surface area contributed by atoms with Crippen LogP contribution in [0.1, 0.15) is 77.5 Å². The van der Waals surface area contributed by atoms with Crippen molar-refractivity contribution in [3.63, 3.8) is 0 Å². The van der Waals surface area contributed by atoms with Crippen LogP contribution in [-0.4, -0.2) is 63.6 Å². The van der Waals surface area contributed by atoms with Crippen LogP contribution in [0.2, 0.25) is 0 Å². The minimum absolute atomic E-state index is 0.114. The highest BCUT2D eigenvalue weighted by Gasteiger charge is 2.42. The fourth-order valence-corrected chi connectivity index (χ4v) is 4.43. The second-order valence-corrected chi connectivity index (χ2v) is 11.4. The zero-order valence-corrected chi connectivity index (χ0v) is 22.8. The number of amides is 3. The van der Waals surface area contributed by atoms with Crippen LogP contribution in [0.4, 0.5) is 4.79 Å². The number of benzene rings is 1. The molecule has 0 spiro atoms. The zero-order valence-electron chi connectivity index (χ0n) is 22.0. The van der Waals surface area contributed by atoms with E-state index < -0.39 is 23.8 Å². The number of alkyl carbamates (subject to hydrolysis) is 1. The number of hydrogen-bond acceptors (Lipinski definition) is 6. The van der Waals surface area contributed by atoms with Gasteiger partial charge in [-0.2, -0.15) is 11.8 Å². The lowest BCUT2D eigenvalue weighted by atomic mass is 9.87. The van der Waals surface area contributed by atoms with Crippen LogP contribution in [0.3, 0.4) is 0 Å². The Labute approximate surface area is 213 Å². The number of carbonyl (C=O) groups excluding carboxylic acids is 3. The predicted molar refractivity (Wildman–Crippen MR) is 140 cm³/mol. The molecule has 2 atom stereocenters. The quantitative estimate of drug-likeness (QED) is 0.436. The molecule has 0 aromatic heterocycles. The molecule has 1 aromatic carbocycles. The number of nitrogens with zero attached hydrogens (tertiary/aromatic N) is 1. The standard InChI is InChI=1S/C26H41N3O5S/c1-16(2)27-23(31)22(18-11-12-21(30)17(3)15-18)29(19-9-8-10-19)24(32)20(13-14-35-7)28-25(33)34-26(4,5)6/h11-12,15-16,19-20,22,30H,8-10,13-14H2,1-7H3,(H,27,31)(H,28,33). The monoisotopic (exact) mass is 507 g/mol. The lowest BCUT2D eigenvalue weighted by Crippen LogP contribution is -2.58. The summed E-state index contributed by atoms with van der Waals surface area (Å²) in [7, 11) is 0. The summed E-state index contributed by atoms with van der Waals surface area (Å²) in [5.74, 6) is 0.199. The molecule has 35 heavy (non-hydrogen) atoms. The normalized spacial score (nSPS) is 15.7.